The summed E-state index contributed by atoms with van der Waals surface area (Å²) < 4.78 is 5.14. The number of hydrogen-bond acceptors (Lipinski definition) is 3. The van der Waals surface area contributed by atoms with Crippen LogP contribution in [0, 0.1) is 0 Å². The van der Waals surface area contributed by atoms with Crippen molar-refractivity contribution in [2.24, 2.45) is 0 Å². The van der Waals surface area contributed by atoms with E-state index >= 15 is 0 Å². The molecule has 0 aromatic carbocycles. The Balaban J connectivity index is 4.40. The van der Waals surface area contributed by atoms with Gasteiger partial charge in [-0.2, -0.15) is 0 Å². The van der Waals surface area contributed by atoms with Gasteiger partial charge in [-0.05, 0) is 48.5 Å². The van der Waals surface area contributed by atoms with E-state index in [1.807, 2.05) is 0 Å². The maximum absolute atomic E-state index is 11.3. The Kier molecular flexibility index (Phi) is 5.40. The molecule has 0 rings (SSSR count). The van der Waals surface area contributed by atoms with Gasteiger partial charge in [0.05, 0.1) is 0 Å². The van der Waals surface area contributed by atoms with Crippen molar-refractivity contribution >= 4 is 5.97 Å². The van der Waals surface area contributed by atoms with Crippen molar-refractivity contribution in [3.8, 4) is 0 Å². The maximum Gasteiger partial charge on any atom is 0.333 e. The van der Waals surface area contributed by atoms with Gasteiger partial charge in [0.25, 0.3) is 0 Å². The predicted molar refractivity (Wildman–Crippen MR) is 72.0 cm³/mol. The highest BCUT2D eigenvalue weighted by atomic mass is 16.5. The molecule has 0 unspecified atom stereocenters. The van der Waals surface area contributed by atoms with Crippen molar-refractivity contribution < 1.29 is 9.53 Å². The summed E-state index contributed by atoms with van der Waals surface area (Å²) in [5.74, 6) is -0.312. The Bertz CT molecular complexity index is 268. The van der Waals surface area contributed by atoms with Crippen LogP contribution in [0.5, 0.6) is 0 Å². The Morgan fingerprint density at radius 2 is 1.53 bits per heavy atom. The Hall–Kier alpha value is -0.830. The second-order valence-corrected chi connectivity index (χ2v) is 6.41. The number of nitrogens with zero attached hydrogens (tertiary/aromatic N) is 1. The molecule has 100 valence electrons. The fourth-order valence-electron chi connectivity index (χ4n) is 2.03. The van der Waals surface area contributed by atoms with Crippen LogP contribution in [-0.2, 0) is 9.53 Å². The number of rotatable bonds is 4. The summed E-state index contributed by atoms with van der Waals surface area (Å²) in [4.78, 5) is 13.6. The molecule has 0 N–H and O–H groups in total. The molecule has 0 radical (unpaired) electrons. The summed E-state index contributed by atoms with van der Waals surface area (Å²) in [5, 5.41) is 0. The summed E-state index contributed by atoms with van der Waals surface area (Å²) in [6, 6.07) is 0. The van der Waals surface area contributed by atoms with Gasteiger partial charge in [-0.3, -0.25) is 4.90 Å². The summed E-state index contributed by atoms with van der Waals surface area (Å²) in [7, 11) is 0. The van der Waals surface area contributed by atoms with Crippen molar-refractivity contribution in [1.82, 2.24) is 4.90 Å². The summed E-state index contributed by atoms with van der Waals surface area (Å²) >= 11 is 0. The first-order chi connectivity index (χ1) is 7.46. The molecule has 17 heavy (non-hydrogen) atoms. The molecule has 0 aromatic heterocycles. The number of hydrogen-bond donors (Lipinski definition) is 0. The Labute approximate surface area is 106 Å². The predicted octanol–water partition coefficient (Wildman–Crippen LogP) is 3.00. The molecule has 0 saturated heterocycles. The van der Waals surface area contributed by atoms with Crippen LogP contribution in [0.25, 0.3) is 0 Å². The van der Waals surface area contributed by atoms with Crippen molar-refractivity contribution in [2.75, 3.05) is 13.2 Å². The first-order valence-electron chi connectivity index (χ1n) is 6.06. The molecule has 3 nitrogen and oxygen atoms in total. The molecule has 0 aliphatic heterocycles. The summed E-state index contributed by atoms with van der Waals surface area (Å²) in [6.07, 6.45) is 0. The van der Waals surface area contributed by atoms with Crippen molar-refractivity contribution in [3.05, 3.63) is 12.2 Å². The van der Waals surface area contributed by atoms with Gasteiger partial charge in [0, 0.05) is 23.2 Å². The summed E-state index contributed by atoms with van der Waals surface area (Å²) in [6.45, 7) is 19.3. The fourth-order valence-corrected chi connectivity index (χ4v) is 2.03. The van der Waals surface area contributed by atoms with Crippen molar-refractivity contribution in [1.29, 1.82) is 0 Å². The molecule has 0 heterocycles. The van der Waals surface area contributed by atoms with Crippen LogP contribution in [0.1, 0.15) is 48.5 Å². The monoisotopic (exact) mass is 241 g/mol. The van der Waals surface area contributed by atoms with Crippen LogP contribution >= 0.6 is 0 Å². The van der Waals surface area contributed by atoms with Crippen molar-refractivity contribution in [2.45, 2.75) is 59.5 Å². The zero-order chi connectivity index (χ0) is 13.9. The van der Waals surface area contributed by atoms with Crippen LogP contribution in [-0.4, -0.2) is 35.1 Å². The number of esters is 1. The zero-order valence-corrected chi connectivity index (χ0v) is 12.4. The molecule has 0 saturated carbocycles. The normalized spacial score (nSPS) is 12.7. The molecule has 0 fully saturated rings. The second-order valence-electron chi connectivity index (χ2n) is 6.41. The smallest absolute Gasteiger partial charge is 0.333 e. The molecular weight excluding hydrogens is 214 g/mol. The highest BCUT2D eigenvalue weighted by Gasteiger charge is 2.31. The van der Waals surface area contributed by atoms with E-state index in [1.54, 1.807) is 6.92 Å². The quantitative estimate of drug-likeness (QED) is 0.560. The van der Waals surface area contributed by atoms with Gasteiger partial charge in [-0.1, -0.05) is 6.58 Å². The number of carbonyl (C=O) groups excluding carboxylic acids is 1. The van der Waals surface area contributed by atoms with E-state index in [-0.39, 0.29) is 17.0 Å². The van der Waals surface area contributed by atoms with E-state index in [0.717, 1.165) is 6.54 Å². The minimum Gasteiger partial charge on any atom is -0.461 e. The standard InChI is InChI=1S/C14H27NO2/c1-11(2)12(16)17-10-9-15(13(3,4)5)14(6,7)8/h1,9-10H2,2-8H3. The zero-order valence-electron chi connectivity index (χ0n) is 12.4. The summed E-state index contributed by atoms with van der Waals surface area (Å²) in [5.41, 5.74) is 0.546. The Morgan fingerprint density at radius 3 is 1.82 bits per heavy atom. The highest BCUT2D eigenvalue weighted by Crippen LogP contribution is 2.23. The SMILES string of the molecule is C=C(C)C(=O)OCCN(C(C)(C)C)C(C)(C)C. The lowest BCUT2D eigenvalue weighted by Crippen LogP contribution is -2.53. The lowest BCUT2D eigenvalue weighted by atomic mass is 9.96. The average Bonchev–Trinajstić information content (AvgIpc) is 2.07. The largest absolute Gasteiger partial charge is 0.461 e. The third-order valence-corrected chi connectivity index (χ3v) is 2.52. The van der Waals surface area contributed by atoms with Gasteiger partial charge >= 0.3 is 5.97 Å². The topological polar surface area (TPSA) is 29.5 Å². The van der Waals surface area contributed by atoms with Crippen LogP contribution in [0.4, 0.5) is 0 Å². The number of ether oxygens (including phenoxy) is 1. The molecule has 0 aliphatic rings. The first kappa shape index (κ1) is 16.2. The average molecular weight is 241 g/mol. The van der Waals surface area contributed by atoms with Gasteiger partial charge in [0.15, 0.2) is 0 Å². The van der Waals surface area contributed by atoms with Crippen LogP contribution in [0.2, 0.25) is 0 Å². The first-order valence-corrected chi connectivity index (χ1v) is 6.06. The maximum atomic E-state index is 11.3. The molecule has 3 heteroatoms. The van der Waals surface area contributed by atoms with E-state index < -0.39 is 0 Å². The van der Waals surface area contributed by atoms with E-state index in [4.69, 9.17) is 4.74 Å². The molecule has 0 atom stereocenters. The molecule has 0 amide bonds. The molecule has 0 aromatic rings. The number of carbonyl (C=O) groups is 1. The minimum atomic E-state index is -0.312. The van der Waals surface area contributed by atoms with Crippen LogP contribution in [0.3, 0.4) is 0 Å². The lowest BCUT2D eigenvalue weighted by molar-refractivity contribution is -0.140. The van der Waals surface area contributed by atoms with E-state index in [2.05, 4.69) is 53.0 Å². The van der Waals surface area contributed by atoms with E-state index in [0.29, 0.717) is 12.2 Å². The van der Waals surface area contributed by atoms with Crippen LogP contribution < -0.4 is 0 Å². The Morgan fingerprint density at radius 1 is 1.12 bits per heavy atom. The third kappa shape index (κ3) is 5.87. The van der Waals surface area contributed by atoms with Gasteiger partial charge < -0.3 is 4.74 Å². The van der Waals surface area contributed by atoms with Gasteiger partial charge in [-0.15, -0.1) is 0 Å². The highest BCUT2D eigenvalue weighted by molar-refractivity contribution is 5.86. The fraction of sp³-hybridized carbons (Fsp3) is 0.786. The van der Waals surface area contributed by atoms with Gasteiger partial charge in [0.1, 0.15) is 6.61 Å². The minimum absolute atomic E-state index is 0.0495. The second kappa shape index (κ2) is 5.67. The molecule has 0 bridgehead atoms. The molecule has 0 spiro atoms. The lowest BCUT2D eigenvalue weighted by Gasteiger charge is -2.45. The molecular formula is C14H27NO2. The third-order valence-electron chi connectivity index (χ3n) is 2.52. The van der Waals surface area contributed by atoms with Crippen LogP contribution in [0.15, 0.2) is 12.2 Å². The van der Waals surface area contributed by atoms with E-state index in [1.165, 1.54) is 0 Å². The van der Waals surface area contributed by atoms with Gasteiger partial charge in [-0.25, -0.2) is 4.79 Å². The van der Waals surface area contributed by atoms with Crippen molar-refractivity contribution in [3.63, 3.8) is 0 Å². The van der Waals surface area contributed by atoms with Gasteiger partial charge in [0.2, 0.25) is 0 Å². The van der Waals surface area contributed by atoms with E-state index in [9.17, 15) is 4.79 Å². The molecule has 0 aliphatic carbocycles.